The summed E-state index contributed by atoms with van der Waals surface area (Å²) in [5, 5.41) is 19.1. The molecule has 0 aliphatic rings. The summed E-state index contributed by atoms with van der Waals surface area (Å²) in [6.07, 6.45) is 4.45. The number of ether oxygens (including phenoxy) is 2. The zero-order valence-electron chi connectivity index (χ0n) is 28.1. The Kier molecular flexibility index (Phi) is 13.9. The molecule has 0 atom stereocenters. The number of carbonyl (C=O) groups excluding carboxylic acids is 4. The minimum atomic E-state index is -0.532. The lowest BCUT2D eigenvalue weighted by molar-refractivity contribution is -0.123. The second kappa shape index (κ2) is 18.0. The van der Waals surface area contributed by atoms with Crippen LogP contribution in [-0.2, 0) is 9.53 Å². The fourth-order valence-electron chi connectivity index (χ4n) is 4.30. The molecule has 0 unspecified atom stereocenters. The first-order valence-corrected chi connectivity index (χ1v) is 15.7. The van der Waals surface area contributed by atoms with E-state index in [2.05, 4.69) is 26.3 Å². The van der Waals surface area contributed by atoms with E-state index in [1.807, 2.05) is 20.8 Å². The van der Waals surface area contributed by atoms with Gasteiger partial charge in [-0.2, -0.15) is 0 Å². The van der Waals surface area contributed by atoms with E-state index in [0.717, 1.165) is 25.7 Å². The van der Waals surface area contributed by atoms with Crippen molar-refractivity contribution in [3.05, 3.63) is 83.6 Å². The third-order valence-electron chi connectivity index (χ3n) is 6.72. The van der Waals surface area contributed by atoms with Gasteiger partial charge in [-0.05, 0) is 76.1 Å². The molecule has 0 radical (unpaired) electrons. The van der Waals surface area contributed by atoms with Crippen molar-refractivity contribution < 1.29 is 28.7 Å². The fraction of sp³-hybridized carbons (Fsp3) is 0.371. The van der Waals surface area contributed by atoms with E-state index in [-0.39, 0.29) is 29.5 Å². The van der Waals surface area contributed by atoms with Crippen LogP contribution in [0.4, 0.5) is 16.3 Å². The van der Waals surface area contributed by atoms with Gasteiger partial charge >= 0.3 is 6.09 Å². The number of hydrogen-bond donors (Lipinski definition) is 5. The Morgan fingerprint density at radius 2 is 1.48 bits per heavy atom. The molecule has 5 N–H and O–H groups in total. The molecule has 1 heterocycles. The summed E-state index contributed by atoms with van der Waals surface area (Å²) >= 11 is 0. The summed E-state index contributed by atoms with van der Waals surface area (Å²) in [6.45, 7) is 6.18. The number of alkyl carbamates (subject to hydrolysis) is 1. The monoisotopic (exact) mass is 659 g/mol. The molecule has 0 fully saturated rings. The highest BCUT2D eigenvalue weighted by molar-refractivity contribution is 6.12. The topological polar surface area (TPSA) is 175 Å². The van der Waals surface area contributed by atoms with Gasteiger partial charge in [-0.25, -0.2) is 9.78 Å². The summed E-state index contributed by atoms with van der Waals surface area (Å²) in [4.78, 5) is 56.3. The second-order valence-corrected chi connectivity index (χ2v) is 12.1. The fourth-order valence-corrected chi connectivity index (χ4v) is 4.30. The maximum atomic E-state index is 13.3. The highest BCUT2D eigenvalue weighted by atomic mass is 16.6. The average Bonchev–Trinajstić information content (AvgIpc) is 3.04. The lowest BCUT2D eigenvalue weighted by atomic mass is 10.1. The minimum Gasteiger partial charge on any atom is -0.484 e. The molecule has 0 aliphatic carbocycles. The zero-order chi connectivity index (χ0) is 35.1. The predicted octanol–water partition coefficient (Wildman–Crippen LogP) is 5.05. The molecule has 0 saturated heterocycles. The first-order valence-electron chi connectivity index (χ1n) is 15.7. The maximum absolute atomic E-state index is 13.3. The molecular weight excluding hydrogens is 614 g/mol. The number of amides is 4. The van der Waals surface area contributed by atoms with Crippen molar-refractivity contribution in [3.63, 3.8) is 0 Å². The Labute approximate surface area is 281 Å². The van der Waals surface area contributed by atoms with Gasteiger partial charge in [0.2, 0.25) is 0 Å². The first-order chi connectivity index (χ1) is 22.8. The van der Waals surface area contributed by atoms with Crippen LogP contribution < -0.4 is 26.0 Å². The summed E-state index contributed by atoms with van der Waals surface area (Å²) < 4.78 is 10.9. The Hall–Kier alpha value is -5.46. The number of benzene rings is 2. The molecule has 0 aliphatic heterocycles. The third-order valence-corrected chi connectivity index (χ3v) is 6.72. The van der Waals surface area contributed by atoms with Crippen molar-refractivity contribution in [2.24, 2.45) is 0 Å². The van der Waals surface area contributed by atoms with Crippen molar-refractivity contribution in [2.45, 2.75) is 52.1 Å². The van der Waals surface area contributed by atoms with Gasteiger partial charge in [0.05, 0.1) is 11.3 Å². The molecule has 0 bridgehead atoms. The average molecular weight is 660 g/mol. The van der Waals surface area contributed by atoms with E-state index in [9.17, 15) is 19.2 Å². The van der Waals surface area contributed by atoms with E-state index in [1.54, 1.807) is 73.7 Å². The van der Waals surface area contributed by atoms with Gasteiger partial charge in [0.1, 0.15) is 23.0 Å². The van der Waals surface area contributed by atoms with Crippen LogP contribution in [0, 0.1) is 5.41 Å². The summed E-state index contributed by atoms with van der Waals surface area (Å²) in [6, 6.07) is 16.2. The Morgan fingerprint density at radius 3 is 2.10 bits per heavy atom. The molecule has 13 nitrogen and oxygen atoms in total. The van der Waals surface area contributed by atoms with Gasteiger partial charge in [-0.3, -0.25) is 19.8 Å². The van der Waals surface area contributed by atoms with Gasteiger partial charge in [0.15, 0.2) is 6.61 Å². The molecule has 0 saturated carbocycles. The number of rotatable bonds is 15. The van der Waals surface area contributed by atoms with Crippen molar-refractivity contribution in [3.8, 4) is 5.75 Å². The number of nitrogens with zero attached hydrogens (tertiary/aromatic N) is 2. The maximum Gasteiger partial charge on any atom is 0.407 e. The van der Waals surface area contributed by atoms with E-state index >= 15 is 0 Å². The highest BCUT2D eigenvalue weighted by Gasteiger charge is 2.18. The van der Waals surface area contributed by atoms with Crippen molar-refractivity contribution in [1.82, 2.24) is 20.5 Å². The van der Waals surface area contributed by atoms with Crippen LogP contribution in [0.3, 0.4) is 0 Å². The van der Waals surface area contributed by atoms with Crippen LogP contribution in [0.25, 0.3) is 0 Å². The first kappa shape index (κ1) is 37.0. The number of aromatic nitrogens is 1. The largest absolute Gasteiger partial charge is 0.484 e. The standard InChI is InChI=1S/C35H45N7O6/c1-35(2,3)48-34(46)39-21-10-7-6-9-20-38-30(43)23-47-26-17-18-28(27(22-26)33(45)41-29-12-8-11-19-37-29)40-32(44)25-15-13-24(14-16-25)31(36)42(4)5/h8,11-19,22,36H,6-7,9-10,20-21,23H2,1-5H3,(H,38,43)(H,39,46)(H,40,44)(H,37,41,45). The van der Waals surface area contributed by atoms with Crippen LogP contribution in [0.15, 0.2) is 66.9 Å². The van der Waals surface area contributed by atoms with E-state index in [0.29, 0.717) is 35.9 Å². The molecular formula is C35H45N7O6. The quantitative estimate of drug-likeness (QED) is 0.0856. The molecule has 4 amide bonds. The predicted molar refractivity (Wildman–Crippen MR) is 185 cm³/mol. The molecule has 256 valence electrons. The number of pyridine rings is 1. The van der Waals surface area contributed by atoms with Crippen LogP contribution in [0.5, 0.6) is 5.75 Å². The second-order valence-electron chi connectivity index (χ2n) is 12.1. The summed E-state index contributed by atoms with van der Waals surface area (Å²) in [5.41, 5.74) is 0.811. The number of anilines is 2. The van der Waals surface area contributed by atoms with E-state index in [4.69, 9.17) is 14.9 Å². The summed E-state index contributed by atoms with van der Waals surface area (Å²) in [5.74, 6) is -0.403. The van der Waals surface area contributed by atoms with E-state index in [1.165, 1.54) is 12.1 Å². The van der Waals surface area contributed by atoms with Gasteiger partial charge in [0, 0.05) is 44.5 Å². The van der Waals surface area contributed by atoms with Crippen LogP contribution in [0.1, 0.15) is 72.7 Å². The molecule has 13 heteroatoms. The number of carbonyl (C=O) groups is 4. The van der Waals surface area contributed by atoms with Crippen molar-refractivity contribution in [2.75, 3.05) is 44.4 Å². The molecule has 0 spiro atoms. The van der Waals surface area contributed by atoms with Gasteiger partial charge in [-0.1, -0.05) is 31.0 Å². The van der Waals surface area contributed by atoms with E-state index < -0.39 is 23.5 Å². The molecule has 48 heavy (non-hydrogen) atoms. The van der Waals surface area contributed by atoms with Gasteiger partial charge < -0.3 is 35.6 Å². The lowest BCUT2D eigenvalue weighted by Crippen LogP contribution is -2.33. The van der Waals surface area contributed by atoms with Gasteiger partial charge in [0.25, 0.3) is 17.7 Å². The van der Waals surface area contributed by atoms with Crippen LogP contribution in [0.2, 0.25) is 0 Å². The lowest BCUT2D eigenvalue weighted by Gasteiger charge is -2.19. The highest BCUT2D eigenvalue weighted by Crippen LogP contribution is 2.24. The van der Waals surface area contributed by atoms with Gasteiger partial charge in [-0.15, -0.1) is 0 Å². The van der Waals surface area contributed by atoms with Crippen molar-refractivity contribution >= 4 is 41.2 Å². The summed E-state index contributed by atoms with van der Waals surface area (Å²) in [7, 11) is 3.53. The number of amidine groups is 1. The zero-order valence-corrected chi connectivity index (χ0v) is 28.1. The molecule has 2 aromatic carbocycles. The molecule has 1 aromatic heterocycles. The third kappa shape index (κ3) is 12.7. The Balaban J connectivity index is 1.54. The Morgan fingerprint density at radius 1 is 0.812 bits per heavy atom. The minimum absolute atomic E-state index is 0.110. The Bertz CT molecular complexity index is 1550. The normalized spacial score (nSPS) is 10.8. The van der Waals surface area contributed by atoms with Crippen LogP contribution >= 0.6 is 0 Å². The molecule has 3 rings (SSSR count). The van der Waals surface area contributed by atoms with Crippen LogP contribution in [-0.4, -0.2) is 78.9 Å². The smallest absolute Gasteiger partial charge is 0.407 e. The van der Waals surface area contributed by atoms with Crippen molar-refractivity contribution in [1.29, 1.82) is 5.41 Å². The number of nitrogens with one attached hydrogen (secondary N) is 5. The molecule has 3 aromatic rings. The SMILES string of the molecule is CN(C)C(=N)c1ccc(C(=O)Nc2ccc(OCC(=O)NCCCCCCNC(=O)OC(C)(C)C)cc2C(=O)Nc2ccccn2)cc1. The number of hydrogen-bond acceptors (Lipinski definition) is 8. The number of unbranched alkanes of at least 4 members (excludes halogenated alkanes) is 3.